The van der Waals surface area contributed by atoms with E-state index in [-0.39, 0.29) is 6.04 Å². The van der Waals surface area contributed by atoms with Gasteiger partial charge in [0.25, 0.3) is 0 Å². The van der Waals surface area contributed by atoms with Crippen LogP contribution in [0.3, 0.4) is 0 Å². The molecular formula is C26H26N2O4. The summed E-state index contributed by atoms with van der Waals surface area (Å²) in [6, 6.07) is 21.4. The average molecular weight is 431 g/mol. The first-order chi connectivity index (χ1) is 15.6. The van der Waals surface area contributed by atoms with Gasteiger partial charge in [0.15, 0.2) is 11.5 Å². The third kappa shape index (κ3) is 5.10. The van der Waals surface area contributed by atoms with Crippen molar-refractivity contribution in [2.75, 3.05) is 19.0 Å². The summed E-state index contributed by atoms with van der Waals surface area (Å²) in [5.41, 5.74) is 4.79. The number of anilines is 1. The molecule has 3 N–H and O–H groups in total. The highest BCUT2D eigenvalue weighted by molar-refractivity contribution is 5.86. The van der Waals surface area contributed by atoms with Crippen LogP contribution >= 0.6 is 0 Å². The molecule has 0 fully saturated rings. The molecule has 32 heavy (non-hydrogen) atoms. The lowest BCUT2D eigenvalue weighted by Crippen LogP contribution is -2.28. The predicted octanol–water partition coefficient (Wildman–Crippen LogP) is 5.26. The van der Waals surface area contributed by atoms with Gasteiger partial charge < -0.3 is 19.9 Å². The van der Waals surface area contributed by atoms with Crippen molar-refractivity contribution in [1.29, 1.82) is 0 Å². The Morgan fingerprint density at radius 3 is 2.69 bits per heavy atom. The summed E-state index contributed by atoms with van der Waals surface area (Å²) < 4.78 is 11.7. The van der Waals surface area contributed by atoms with Crippen LogP contribution < -0.4 is 20.1 Å². The minimum absolute atomic E-state index is 0.0197. The molecule has 1 heterocycles. The van der Waals surface area contributed by atoms with Crippen molar-refractivity contribution in [2.45, 2.75) is 19.1 Å². The molecule has 0 bridgehead atoms. The van der Waals surface area contributed by atoms with Gasteiger partial charge in [-0.25, -0.2) is 4.79 Å². The zero-order chi connectivity index (χ0) is 22.3. The van der Waals surface area contributed by atoms with Crippen LogP contribution in [0.2, 0.25) is 0 Å². The molecule has 0 aromatic heterocycles. The summed E-state index contributed by atoms with van der Waals surface area (Å²) in [6.45, 7) is 1.31. The SMILES string of the molecule is COc1cc2c(cc1OCc1ccccc1)CCNC2/C=C/c1ccccc1NC(=O)O. The Bertz CT molecular complexity index is 1110. The van der Waals surface area contributed by atoms with Crippen LogP contribution in [0.4, 0.5) is 10.5 Å². The summed E-state index contributed by atoms with van der Waals surface area (Å²) >= 11 is 0. The molecule has 0 radical (unpaired) electrons. The molecule has 4 rings (SSSR count). The zero-order valence-corrected chi connectivity index (χ0v) is 17.9. The fourth-order valence-electron chi connectivity index (χ4n) is 3.85. The maximum atomic E-state index is 11.1. The number of benzene rings is 3. The molecule has 3 aromatic carbocycles. The quantitative estimate of drug-likeness (QED) is 0.476. The van der Waals surface area contributed by atoms with Crippen LogP contribution in [0.5, 0.6) is 11.5 Å². The Labute approximate surface area is 187 Å². The topological polar surface area (TPSA) is 79.8 Å². The maximum Gasteiger partial charge on any atom is 0.409 e. The van der Waals surface area contributed by atoms with Crippen molar-refractivity contribution in [3.05, 3.63) is 95.1 Å². The van der Waals surface area contributed by atoms with Gasteiger partial charge >= 0.3 is 6.09 Å². The molecule has 1 aliphatic rings. The van der Waals surface area contributed by atoms with Gasteiger partial charge in [-0.15, -0.1) is 0 Å². The second kappa shape index (κ2) is 10.0. The van der Waals surface area contributed by atoms with Gasteiger partial charge in [0.1, 0.15) is 6.61 Å². The molecule has 1 unspecified atom stereocenters. The van der Waals surface area contributed by atoms with E-state index in [1.165, 1.54) is 5.56 Å². The third-order valence-electron chi connectivity index (χ3n) is 5.43. The summed E-state index contributed by atoms with van der Waals surface area (Å²) in [4.78, 5) is 11.1. The Morgan fingerprint density at radius 2 is 1.91 bits per heavy atom. The number of nitrogens with one attached hydrogen (secondary N) is 2. The first kappa shape index (κ1) is 21.5. The third-order valence-corrected chi connectivity index (χ3v) is 5.43. The molecule has 0 saturated carbocycles. The van der Waals surface area contributed by atoms with Gasteiger partial charge in [0.05, 0.1) is 18.8 Å². The van der Waals surface area contributed by atoms with E-state index in [0.29, 0.717) is 18.0 Å². The lowest BCUT2D eigenvalue weighted by Gasteiger charge is -2.26. The van der Waals surface area contributed by atoms with Crippen LogP contribution in [-0.4, -0.2) is 24.9 Å². The van der Waals surface area contributed by atoms with E-state index in [4.69, 9.17) is 14.6 Å². The largest absolute Gasteiger partial charge is 0.493 e. The summed E-state index contributed by atoms with van der Waals surface area (Å²) in [5.74, 6) is 1.42. The summed E-state index contributed by atoms with van der Waals surface area (Å²) in [7, 11) is 1.64. The molecule has 0 aliphatic carbocycles. The fraction of sp³-hybridized carbons (Fsp3) is 0.192. The van der Waals surface area contributed by atoms with Gasteiger partial charge in [0.2, 0.25) is 0 Å². The van der Waals surface area contributed by atoms with Gasteiger partial charge in [-0.2, -0.15) is 0 Å². The van der Waals surface area contributed by atoms with Crippen molar-refractivity contribution < 1.29 is 19.4 Å². The van der Waals surface area contributed by atoms with Crippen LogP contribution in [0.25, 0.3) is 6.08 Å². The molecule has 0 saturated heterocycles. The molecule has 6 nitrogen and oxygen atoms in total. The second-order valence-corrected chi connectivity index (χ2v) is 7.53. The number of methoxy groups -OCH3 is 1. The number of hydrogen-bond acceptors (Lipinski definition) is 4. The lowest BCUT2D eigenvalue weighted by molar-refractivity contribution is 0.209. The van der Waals surface area contributed by atoms with E-state index in [2.05, 4.69) is 16.7 Å². The van der Waals surface area contributed by atoms with Crippen LogP contribution in [0.15, 0.2) is 72.8 Å². The van der Waals surface area contributed by atoms with E-state index >= 15 is 0 Å². The zero-order valence-electron chi connectivity index (χ0n) is 17.9. The fourth-order valence-corrected chi connectivity index (χ4v) is 3.85. The molecular weight excluding hydrogens is 404 g/mol. The highest BCUT2D eigenvalue weighted by Gasteiger charge is 2.21. The average Bonchev–Trinajstić information content (AvgIpc) is 2.82. The number of fused-ring (bicyclic) bond motifs is 1. The Hall–Kier alpha value is -3.77. The molecule has 1 amide bonds. The first-order valence-electron chi connectivity index (χ1n) is 10.5. The van der Waals surface area contributed by atoms with Crippen molar-refractivity contribution in [3.63, 3.8) is 0 Å². The van der Waals surface area contributed by atoms with Gasteiger partial charge in [-0.1, -0.05) is 60.7 Å². The van der Waals surface area contributed by atoms with Crippen LogP contribution in [-0.2, 0) is 13.0 Å². The first-order valence-corrected chi connectivity index (χ1v) is 10.5. The van der Waals surface area contributed by atoms with Gasteiger partial charge in [0, 0.05) is 6.54 Å². The van der Waals surface area contributed by atoms with Crippen LogP contribution in [0, 0.1) is 0 Å². The van der Waals surface area contributed by atoms with E-state index in [0.717, 1.165) is 35.4 Å². The molecule has 1 atom stereocenters. The highest BCUT2D eigenvalue weighted by atomic mass is 16.5. The Balaban J connectivity index is 1.57. The normalized spacial score (nSPS) is 15.2. The smallest absolute Gasteiger partial charge is 0.409 e. The Morgan fingerprint density at radius 1 is 1.12 bits per heavy atom. The minimum atomic E-state index is -1.08. The van der Waals surface area contributed by atoms with E-state index in [9.17, 15) is 4.79 Å². The summed E-state index contributed by atoms with van der Waals surface area (Å²) in [6.07, 6.45) is 3.79. The number of carbonyl (C=O) groups is 1. The monoisotopic (exact) mass is 430 g/mol. The maximum absolute atomic E-state index is 11.1. The van der Waals surface area contributed by atoms with Crippen LogP contribution in [0.1, 0.15) is 28.3 Å². The molecule has 0 spiro atoms. The van der Waals surface area contributed by atoms with Crippen molar-refractivity contribution in [3.8, 4) is 11.5 Å². The lowest BCUT2D eigenvalue weighted by atomic mass is 9.93. The van der Waals surface area contributed by atoms with E-state index in [1.54, 1.807) is 19.2 Å². The number of amides is 1. The Kier molecular flexibility index (Phi) is 6.72. The summed E-state index contributed by atoms with van der Waals surface area (Å²) in [5, 5.41) is 15.0. The molecule has 6 heteroatoms. The number of rotatable bonds is 7. The number of hydrogen-bond donors (Lipinski definition) is 3. The standard InChI is InChI=1S/C26H26N2O4/c1-31-24-16-21-20(15-25(24)32-17-18-7-3-2-4-8-18)13-14-27-23(21)12-11-19-9-5-6-10-22(19)28-26(29)30/h2-12,15-16,23,27-28H,13-14,17H2,1H3,(H,29,30)/b12-11+. The molecule has 1 aliphatic heterocycles. The number of carboxylic acid groups (broad SMARTS) is 1. The predicted molar refractivity (Wildman–Crippen MR) is 125 cm³/mol. The number of ether oxygens (including phenoxy) is 2. The molecule has 164 valence electrons. The van der Waals surface area contributed by atoms with Crippen molar-refractivity contribution in [2.24, 2.45) is 0 Å². The highest BCUT2D eigenvalue weighted by Crippen LogP contribution is 2.36. The van der Waals surface area contributed by atoms with E-state index in [1.807, 2.05) is 60.7 Å². The minimum Gasteiger partial charge on any atom is -0.493 e. The van der Waals surface area contributed by atoms with Gasteiger partial charge in [-0.3, -0.25) is 5.32 Å². The second-order valence-electron chi connectivity index (χ2n) is 7.53. The molecule has 3 aromatic rings. The van der Waals surface area contributed by atoms with Crippen molar-refractivity contribution >= 4 is 17.9 Å². The van der Waals surface area contributed by atoms with Gasteiger partial charge in [-0.05, 0) is 46.9 Å². The number of para-hydroxylation sites is 1. The van der Waals surface area contributed by atoms with Crippen molar-refractivity contribution in [1.82, 2.24) is 5.32 Å². The van der Waals surface area contributed by atoms with E-state index < -0.39 is 6.09 Å².